The Labute approximate surface area is 79.9 Å². The summed E-state index contributed by atoms with van der Waals surface area (Å²) in [5.74, 6) is 0. The van der Waals surface area contributed by atoms with Gasteiger partial charge in [-0.15, -0.1) is 0 Å². The van der Waals surface area contributed by atoms with Gasteiger partial charge < -0.3 is 1.43 Å². The van der Waals surface area contributed by atoms with Gasteiger partial charge in [0.05, 0.1) is 0 Å². The van der Waals surface area contributed by atoms with Crippen molar-refractivity contribution in [3.05, 3.63) is 0 Å². The van der Waals surface area contributed by atoms with Crippen LogP contribution in [-0.2, 0) is 50.3 Å². The van der Waals surface area contributed by atoms with Gasteiger partial charge in [0.25, 0.3) is 0 Å². The van der Waals surface area contributed by atoms with Crippen LogP contribution in [0.1, 0.15) is 1.43 Å². The Morgan fingerprint density at radius 3 is 1.20 bits per heavy atom. The Kier molecular flexibility index (Phi) is 310. The van der Waals surface area contributed by atoms with Gasteiger partial charge in [-0.1, -0.05) is 0 Å². The third-order valence-corrected chi connectivity index (χ3v) is 0. The number of hydrogen-bond acceptors (Lipinski definition) is 0. The molecule has 0 aliphatic rings. The number of hydrogen-bond donors (Lipinski definition) is 0. The van der Waals surface area contributed by atoms with E-state index in [4.69, 9.17) is 0 Å². The molecule has 0 aliphatic carbocycles. The van der Waals surface area contributed by atoms with Crippen LogP contribution in [0.15, 0.2) is 0 Å². The molecule has 0 N–H and O–H groups in total. The second-order valence-corrected chi connectivity index (χ2v) is 0. The van der Waals surface area contributed by atoms with Crippen LogP contribution in [0.2, 0.25) is 0 Å². The van der Waals surface area contributed by atoms with Gasteiger partial charge in [-0.25, -0.2) is 0 Å². The molecule has 1 atom stereocenters. The zero-order valence-corrected chi connectivity index (χ0v) is 7.36. The fourth-order valence-electron chi connectivity index (χ4n) is 0. The van der Waals surface area contributed by atoms with Gasteiger partial charge in [0.15, 0.2) is 0 Å². The average molecular weight is 215 g/mol. The van der Waals surface area contributed by atoms with Crippen LogP contribution >= 0.6 is 9.90 Å². The Balaban J connectivity index is 0. The molecule has 0 nitrogen and oxygen atoms in total. The molecule has 0 amide bonds. The van der Waals surface area contributed by atoms with Crippen LogP contribution in [0.5, 0.6) is 0 Å². The van der Waals surface area contributed by atoms with Crippen molar-refractivity contribution in [2.24, 2.45) is 0 Å². The molecular formula is H4CoLiMnNiP. The fraction of sp³-hybridized carbons (Fsp3) is 0. The van der Waals surface area contributed by atoms with Crippen molar-refractivity contribution < 1.29 is 70.6 Å². The van der Waals surface area contributed by atoms with Crippen LogP contribution in [0.25, 0.3) is 0 Å². The second-order valence-electron chi connectivity index (χ2n) is 0. The molecule has 0 saturated heterocycles. The SMILES string of the molecule is P.[Co].[H-].[Li+].[Mn].[Ni]. The first-order chi connectivity index (χ1) is 0. The molecule has 0 bridgehead atoms. The topological polar surface area (TPSA) is 0 Å². The molecule has 36 valence electrons. The van der Waals surface area contributed by atoms with Crippen molar-refractivity contribution in [2.75, 3.05) is 0 Å². The van der Waals surface area contributed by atoms with Crippen molar-refractivity contribution in [3.63, 3.8) is 0 Å². The Morgan fingerprint density at radius 1 is 1.20 bits per heavy atom. The molecule has 2 radical (unpaired) electrons. The van der Waals surface area contributed by atoms with Crippen LogP contribution in [0.3, 0.4) is 0 Å². The fourth-order valence-corrected chi connectivity index (χ4v) is 0. The minimum Gasteiger partial charge on any atom is -1.00 e. The summed E-state index contributed by atoms with van der Waals surface area (Å²) in [4.78, 5) is 0. The summed E-state index contributed by atoms with van der Waals surface area (Å²) in [5, 5.41) is 0. The van der Waals surface area contributed by atoms with E-state index in [2.05, 4.69) is 0 Å². The van der Waals surface area contributed by atoms with E-state index in [0.717, 1.165) is 0 Å². The van der Waals surface area contributed by atoms with E-state index in [0.29, 0.717) is 0 Å². The maximum Gasteiger partial charge on any atom is 1.00 e. The summed E-state index contributed by atoms with van der Waals surface area (Å²) in [6.07, 6.45) is 0. The van der Waals surface area contributed by atoms with Gasteiger partial charge in [0, 0.05) is 50.3 Å². The first-order valence-corrected chi connectivity index (χ1v) is 0. The molecule has 0 fully saturated rings. The minimum atomic E-state index is 0. The minimum absolute atomic E-state index is 0. The van der Waals surface area contributed by atoms with Crippen molar-refractivity contribution >= 4 is 9.90 Å². The predicted octanol–water partition coefficient (Wildman–Crippen LogP) is -2.83. The van der Waals surface area contributed by atoms with Crippen LogP contribution < -0.4 is 18.9 Å². The molecule has 1 unspecified atom stereocenters. The van der Waals surface area contributed by atoms with E-state index in [1.807, 2.05) is 0 Å². The van der Waals surface area contributed by atoms with Crippen molar-refractivity contribution in [3.8, 4) is 0 Å². The first kappa shape index (κ1) is 49.9. The molecule has 5 heteroatoms. The van der Waals surface area contributed by atoms with Crippen molar-refractivity contribution in [1.29, 1.82) is 0 Å². The van der Waals surface area contributed by atoms with E-state index in [1.165, 1.54) is 0 Å². The normalized spacial score (nSPS) is 0. The van der Waals surface area contributed by atoms with Crippen LogP contribution in [0, 0.1) is 0 Å². The van der Waals surface area contributed by atoms with Gasteiger partial charge >= 0.3 is 18.9 Å². The van der Waals surface area contributed by atoms with E-state index in [9.17, 15) is 0 Å². The zero-order valence-electron chi connectivity index (χ0n) is 3.73. The summed E-state index contributed by atoms with van der Waals surface area (Å²) in [6, 6.07) is 0. The van der Waals surface area contributed by atoms with Crippen molar-refractivity contribution in [2.45, 2.75) is 0 Å². The summed E-state index contributed by atoms with van der Waals surface area (Å²) in [7, 11) is 0. The standard InChI is InChI=1S/Co.Li.Mn.Ni.H3P.H/h;;;;1H3;/q;+1;;;;-1. The molecule has 0 aromatic heterocycles. The molecular weight excluding hydrogens is 210 g/mol. The maximum absolute atomic E-state index is 0. The zero-order chi connectivity index (χ0) is 0. The Hall–Kier alpha value is 2.55. The summed E-state index contributed by atoms with van der Waals surface area (Å²) in [5.41, 5.74) is 0. The third kappa shape index (κ3) is 20.9. The van der Waals surface area contributed by atoms with Crippen LogP contribution in [-0.4, -0.2) is 0 Å². The molecule has 0 rings (SSSR count). The number of rotatable bonds is 0. The van der Waals surface area contributed by atoms with Gasteiger partial charge in [-0.3, -0.25) is 0 Å². The largest absolute Gasteiger partial charge is 1.00 e. The van der Waals surface area contributed by atoms with Gasteiger partial charge in [-0.05, 0) is 0 Å². The second kappa shape index (κ2) is 31.1. The molecule has 0 spiro atoms. The molecule has 5 heavy (non-hydrogen) atoms. The Morgan fingerprint density at radius 2 is 1.20 bits per heavy atom. The first-order valence-electron chi connectivity index (χ1n) is 0. The van der Waals surface area contributed by atoms with Gasteiger partial charge in [0.1, 0.15) is 0 Å². The maximum atomic E-state index is 0. The predicted molar refractivity (Wildman–Crippen MR) is 12.2 cm³/mol. The van der Waals surface area contributed by atoms with Crippen molar-refractivity contribution in [1.82, 2.24) is 0 Å². The molecule has 0 heterocycles. The van der Waals surface area contributed by atoms with E-state index >= 15 is 0 Å². The van der Waals surface area contributed by atoms with E-state index in [-0.39, 0.29) is 80.5 Å². The molecule has 0 aromatic rings. The molecule has 0 saturated carbocycles. The smallest absolute Gasteiger partial charge is 1.00 e. The quantitative estimate of drug-likeness (QED) is 0.301. The van der Waals surface area contributed by atoms with Crippen LogP contribution in [0.4, 0.5) is 0 Å². The van der Waals surface area contributed by atoms with Gasteiger partial charge in [-0.2, -0.15) is 9.90 Å². The Bertz CT molecular complexity index is 15.5. The summed E-state index contributed by atoms with van der Waals surface area (Å²) < 4.78 is 0. The van der Waals surface area contributed by atoms with Gasteiger partial charge in [0.2, 0.25) is 0 Å². The molecule has 0 aromatic carbocycles. The monoisotopic (exact) mass is 214 g/mol. The third-order valence-electron chi connectivity index (χ3n) is 0. The summed E-state index contributed by atoms with van der Waals surface area (Å²) in [6.45, 7) is 0. The average Bonchev–Trinajstić information content (AvgIpc) is 0. The molecule has 0 aliphatic heterocycles. The summed E-state index contributed by atoms with van der Waals surface area (Å²) >= 11 is 0. The van der Waals surface area contributed by atoms with E-state index in [1.54, 1.807) is 0 Å². The van der Waals surface area contributed by atoms with E-state index < -0.39 is 0 Å².